The van der Waals surface area contributed by atoms with Gasteiger partial charge in [0.25, 0.3) is 0 Å². The van der Waals surface area contributed by atoms with Crippen LogP contribution in [-0.4, -0.2) is 0 Å². The van der Waals surface area contributed by atoms with Crippen LogP contribution in [-0.2, 0) is 0 Å². The third kappa shape index (κ3) is 5.78. The highest BCUT2D eigenvalue weighted by Gasteiger charge is 2.14. The van der Waals surface area contributed by atoms with Crippen LogP contribution in [0.1, 0.15) is 39.0 Å². The molecule has 0 unspecified atom stereocenters. The van der Waals surface area contributed by atoms with E-state index in [1.54, 1.807) is 5.92 Å². The van der Waals surface area contributed by atoms with E-state index in [0.717, 1.165) is 12.8 Å². The lowest BCUT2D eigenvalue weighted by atomic mass is 9.95. The fourth-order valence-electron chi connectivity index (χ4n) is 1.12. The van der Waals surface area contributed by atoms with Crippen molar-refractivity contribution >= 4 is 0 Å². The van der Waals surface area contributed by atoms with Gasteiger partial charge in [-0.1, -0.05) is 26.5 Å². The molecular weight excluding hydrogens is 132 g/mol. The minimum atomic E-state index is 1.06. The summed E-state index contributed by atoms with van der Waals surface area (Å²) in [7, 11) is 0. The summed E-state index contributed by atoms with van der Waals surface area (Å²) in [6.07, 6.45) is 9.91. The van der Waals surface area contributed by atoms with Crippen molar-refractivity contribution in [2.24, 2.45) is 0 Å². The van der Waals surface area contributed by atoms with E-state index in [4.69, 9.17) is 0 Å². The van der Waals surface area contributed by atoms with Gasteiger partial charge in [0.2, 0.25) is 0 Å². The topological polar surface area (TPSA) is 0 Å². The van der Waals surface area contributed by atoms with Gasteiger partial charge in [-0.05, 0) is 18.6 Å². The van der Waals surface area contributed by atoms with Crippen molar-refractivity contribution in [3.63, 3.8) is 0 Å². The molecule has 0 aromatic heterocycles. The Morgan fingerprint density at radius 3 is 2.09 bits per heavy atom. The number of unbranched alkanes of at least 4 members (excludes halogenated alkanes) is 1. The predicted octanol–water partition coefficient (Wildman–Crippen LogP) is 3.90. The average Bonchev–Trinajstić information content (AvgIpc) is 2.01. The molecule has 0 nitrogen and oxygen atoms in total. The molecule has 62 valence electrons. The Hall–Kier alpha value is -0.650. The summed E-state index contributed by atoms with van der Waals surface area (Å²) in [6.45, 7) is 9.69. The van der Waals surface area contributed by atoms with Crippen molar-refractivity contribution in [1.29, 1.82) is 0 Å². The fraction of sp³-hybridized carbons (Fsp3) is 0.545. The average molecular weight is 151 g/mol. The maximum Gasteiger partial charge on any atom is 0.108 e. The SMILES string of the molecule is C=CC[C+](CC=C)CCCC. The molecule has 0 atom stereocenters. The van der Waals surface area contributed by atoms with Gasteiger partial charge in [0, 0.05) is 0 Å². The molecule has 0 spiro atoms. The lowest BCUT2D eigenvalue weighted by Gasteiger charge is -1.99. The second kappa shape index (κ2) is 7.46. The smallest absolute Gasteiger partial charge is 0.0989 e. The third-order valence-corrected chi connectivity index (χ3v) is 1.75. The summed E-state index contributed by atoms with van der Waals surface area (Å²) in [5.74, 6) is 1.57. The molecule has 0 aliphatic rings. The van der Waals surface area contributed by atoms with Crippen LogP contribution in [0.5, 0.6) is 0 Å². The van der Waals surface area contributed by atoms with Crippen molar-refractivity contribution in [2.45, 2.75) is 39.0 Å². The maximum atomic E-state index is 3.74. The summed E-state index contributed by atoms with van der Waals surface area (Å²) in [6, 6.07) is 0. The molecule has 0 aromatic carbocycles. The van der Waals surface area contributed by atoms with Gasteiger partial charge in [0.05, 0.1) is 12.3 Å². The first-order valence-corrected chi connectivity index (χ1v) is 4.40. The van der Waals surface area contributed by atoms with Gasteiger partial charge < -0.3 is 0 Å². The number of hydrogen-bond acceptors (Lipinski definition) is 0. The van der Waals surface area contributed by atoms with Crippen LogP contribution in [0.15, 0.2) is 25.3 Å². The first kappa shape index (κ1) is 10.3. The molecule has 0 radical (unpaired) electrons. The molecule has 11 heavy (non-hydrogen) atoms. The van der Waals surface area contributed by atoms with Gasteiger partial charge in [-0.25, -0.2) is 0 Å². The lowest BCUT2D eigenvalue weighted by molar-refractivity contribution is 0.684. The van der Waals surface area contributed by atoms with Crippen molar-refractivity contribution in [2.75, 3.05) is 0 Å². The van der Waals surface area contributed by atoms with E-state index in [-0.39, 0.29) is 0 Å². The van der Waals surface area contributed by atoms with E-state index < -0.39 is 0 Å². The Labute approximate surface area is 71.0 Å². The van der Waals surface area contributed by atoms with Gasteiger partial charge in [0.15, 0.2) is 0 Å². The molecule has 0 bridgehead atoms. The predicted molar refractivity (Wildman–Crippen MR) is 52.4 cm³/mol. The summed E-state index contributed by atoms with van der Waals surface area (Å²) < 4.78 is 0. The van der Waals surface area contributed by atoms with Gasteiger partial charge in [-0.3, -0.25) is 0 Å². The molecule has 0 heterocycles. The zero-order chi connectivity index (χ0) is 8.53. The molecule has 0 rings (SSSR count). The van der Waals surface area contributed by atoms with Gasteiger partial charge in [0.1, 0.15) is 12.8 Å². The Morgan fingerprint density at radius 2 is 1.73 bits per heavy atom. The first-order valence-electron chi connectivity index (χ1n) is 4.40. The molecule has 0 N–H and O–H groups in total. The van der Waals surface area contributed by atoms with Crippen molar-refractivity contribution in [3.05, 3.63) is 31.2 Å². The largest absolute Gasteiger partial charge is 0.108 e. The van der Waals surface area contributed by atoms with Crippen molar-refractivity contribution in [3.8, 4) is 0 Å². The second-order valence-electron chi connectivity index (χ2n) is 2.84. The Balaban J connectivity index is 3.49. The summed E-state index contributed by atoms with van der Waals surface area (Å²) in [5, 5.41) is 0. The van der Waals surface area contributed by atoms with Crippen LogP contribution in [0.4, 0.5) is 0 Å². The normalized spacial score (nSPS) is 9.18. The van der Waals surface area contributed by atoms with E-state index in [2.05, 4.69) is 20.1 Å². The van der Waals surface area contributed by atoms with Gasteiger partial charge >= 0.3 is 0 Å². The van der Waals surface area contributed by atoms with Crippen LogP contribution in [0.3, 0.4) is 0 Å². The summed E-state index contributed by atoms with van der Waals surface area (Å²) >= 11 is 0. The molecule has 0 aliphatic heterocycles. The van der Waals surface area contributed by atoms with E-state index in [9.17, 15) is 0 Å². The van der Waals surface area contributed by atoms with E-state index >= 15 is 0 Å². The van der Waals surface area contributed by atoms with Crippen LogP contribution < -0.4 is 0 Å². The van der Waals surface area contributed by atoms with E-state index in [0.29, 0.717) is 0 Å². The minimum absolute atomic E-state index is 1.06. The van der Waals surface area contributed by atoms with Crippen LogP contribution in [0, 0.1) is 5.92 Å². The molecule has 0 saturated heterocycles. The standard InChI is InChI=1S/C11H19/c1-4-7-10-11(8-5-2)9-6-3/h5-6H,2-4,7-10H2,1H3/q+1. The molecular formula is C11H19+. The Kier molecular flexibility index (Phi) is 7.02. The number of allylic oxidation sites excluding steroid dienone is 2. The van der Waals surface area contributed by atoms with Gasteiger partial charge in [-0.15, -0.1) is 0 Å². The summed E-state index contributed by atoms with van der Waals surface area (Å²) in [4.78, 5) is 0. The Morgan fingerprint density at radius 1 is 1.18 bits per heavy atom. The number of hydrogen-bond donors (Lipinski definition) is 0. The fourth-order valence-corrected chi connectivity index (χ4v) is 1.12. The van der Waals surface area contributed by atoms with E-state index in [1.165, 1.54) is 19.3 Å². The highest BCUT2D eigenvalue weighted by atomic mass is 14.1. The van der Waals surface area contributed by atoms with Gasteiger partial charge in [-0.2, -0.15) is 0 Å². The highest BCUT2D eigenvalue weighted by Crippen LogP contribution is 2.19. The molecule has 0 aromatic rings. The number of rotatable bonds is 7. The second-order valence-corrected chi connectivity index (χ2v) is 2.84. The van der Waals surface area contributed by atoms with Crippen LogP contribution >= 0.6 is 0 Å². The zero-order valence-corrected chi connectivity index (χ0v) is 7.60. The van der Waals surface area contributed by atoms with Crippen molar-refractivity contribution in [1.82, 2.24) is 0 Å². The lowest BCUT2D eigenvalue weighted by Crippen LogP contribution is -1.93. The third-order valence-electron chi connectivity index (χ3n) is 1.75. The molecule has 0 amide bonds. The monoisotopic (exact) mass is 151 g/mol. The van der Waals surface area contributed by atoms with Crippen LogP contribution in [0.25, 0.3) is 0 Å². The molecule has 0 saturated carbocycles. The molecule has 0 heteroatoms. The minimum Gasteiger partial charge on any atom is -0.0989 e. The highest BCUT2D eigenvalue weighted by molar-refractivity contribution is 4.99. The Bertz CT molecular complexity index is 92.6. The van der Waals surface area contributed by atoms with Crippen molar-refractivity contribution < 1.29 is 0 Å². The quantitative estimate of drug-likeness (QED) is 0.382. The molecule has 0 fully saturated rings. The zero-order valence-electron chi connectivity index (χ0n) is 7.60. The van der Waals surface area contributed by atoms with Crippen LogP contribution in [0.2, 0.25) is 0 Å². The first-order chi connectivity index (χ1) is 5.35. The maximum absolute atomic E-state index is 3.74. The summed E-state index contributed by atoms with van der Waals surface area (Å²) in [5.41, 5.74) is 0. The molecule has 0 aliphatic carbocycles. The van der Waals surface area contributed by atoms with E-state index in [1.807, 2.05) is 12.2 Å².